The van der Waals surface area contributed by atoms with Crippen molar-refractivity contribution in [3.63, 3.8) is 0 Å². The summed E-state index contributed by atoms with van der Waals surface area (Å²) < 4.78 is 0. The molecule has 0 radical (unpaired) electrons. The third kappa shape index (κ3) is 4.70. The van der Waals surface area contributed by atoms with E-state index in [2.05, 4.69) is 219 Å². The maximum Gasteiger partial charge on any atom is 0.0719 e. The SMILES string of the molecule is CC1(C)c2ccccc2C2(c3ccccc3-c3ccc(-c4ccc(-c5ccc(N(c6ccccc6)c6ccccc6)cc5)cc4)cc32)c2ccccc21. The quantitative estimate of drug-likeness (QED) is 0.175. The maximum atomic E-state index is 2.48. The summed E-state index contributed by atoms with van der Waals surface area (Å²) in [5, 5.41) is 0. The zero-order chi connectivity index (χ0) is 35.6. The second-order valence-corrected chi connectivity index (χ2v) is 14.9. The van der Waals surface area contributed by atoms with Gasteiger partial charge in [0.15, 0.2) is 0 Å². The van der Waals surface area contributed by atoms with Crippen LogP contribution < -0.4 is 4.90 Å². The smallest absolute Gasteiger partial charge is 0.0719 e. The Labute approximate surface area is 312 Å². The van der Waals surface area contributed by atoms with Crippen molar-refractivity contribution < 1.29 is 0 Å². The molecule has 0 saturated heterocycles. The van der Waals surface area contributed by atoms with Gasteiger partial charge in [0.05, 0.1) is 5.41 Å². The van der Waals surface area contributed by atoms with Crippen LogP contribution in [-0.2, 0) is 10.8 Å². The van der Waals surface area contributed by atoms with Gasteiger partial charge in [0.25, 0.3) is 0 Å². The lowest BCUT2D eigenvalue weighted by atomic mass is 9.55. The Kier molecular flexibility index (Phi) is 7.13. The fraction of sp³-hybridized carbons (Fsp3) is 0.0769. The summed E-state index contributed by atoms with van der Waals surface area (Å²) in [7, 11) is 0. The minimum atomic E-state index is -0.389. The van der Waals surface area contributed by atoms with E-state index in [0.29, 0.717) is 0 Å². The van der Waals surface area contributed by atoms with E-state index in [1.165, 1.54) is 66.8 Å². The van der Waals surface area contributed by atoms with E-state index in [-0.39, 0.29) is 10.8 Å². The van der Waals surface area contributed by atoms with Crippen LogP contribution in [0, 0.1) is 0 Å². The van der Waals surface area contributed by atoms with Crippen molar-refractivity contribution in [1.29, 1.82) is 0 Å². The van der Waals surface area contributed by atoms with Crippen LogP contribution in [0.4, 0.5) is 17.1 Å². The molecule has 10 rings (SSSR count). The van der Waals surface area contributed by atoms with Gasteiger partial charge in [0.1, 0.15) is 0 Å². The van der Waals surface area contributed by atoms with Crippen molar-refractivity contribution in [2.75, 3.05) is 4.90 Å². The molecule has 252 valence electrons. The van der Waals surface area contributed by atoms with Gasteiger partial charge < -0.3 is 4.90 Å². The van der Waals surface area contributed by atoms with Crippen LogP contribution in [-0.4, -0.2) is 0 Å². The second-order valence-electron chi connectivity index (χ2n) is 14.9. The Hall–Kier alpha value is -6.44. The van der Waals surface area contributed by atoms with Crippen molar-refractivity contribution in [1.82, 2.24) is 0 Å². The molecule has 8 aromatic carbocycles. The Morgan fingerprint density at radius 3 is 1.23 bits per heavy atom. The molecule has 0 bridgehead atoms. The van der Waals surface area contributed by atoms with E-state index < -0.39 is 0 Å². The van der Waals surface area contributed by atoms with Gasteiger partial charge in [0.2, 0.25) is 0 Å². The molecule has 1 spiro atoms. The summed E-state index contributed by atoms with van der Waals surface area (Å²) in [6, 6.07) is 73.7. The van der Waals surface area contributed by atoms with Crippen molar-refractivity contribution in [3.8, 4) is 33.4 Å². The molecule has 0 N–H and O–H groups in total. The molecule has 2 aliphatic carbocycles. The van der Waals surface area contributed by atoms with Gasteiger partial charge in [-0.05, 0) is 109 Å². The largest absolute Gasteiger partial charge is 0.311 e. The van der Waals surface area contributed by atoms with E-state index in [1.807, 2.05) is 0 Å². The molecule has 8 aromatic rings. The molecule has 0 atom stereocenters. The topological polar surface area (TPSA) is 3.24 Å². The van der Waals surface area contributed by atoms with Gasteiger partial charge in [-0.25, -0.2) is 0 Å². The Morgan fingerprint density at radius 2 is 0.679 bits per heavy atom. The molecular weight excluding hydrogens is 639 g/mol. The van der Waals surface area contributed by atoms with Crippen molar-refractivity contribution >= 4 is 17.1 Å². The van der Waals surface area contributed by atoms with E-state index >= 15 is 0 Å². The second kappa shape index (κ2) is 12.1. The summed E-state index contributed by atoms with van der Waals surface area (Å²) in [6.07, 6.45) is 0. The molecule has 1 heteroatoms. The summed E-state index contributed by atoms with van der Waals surface area (Å²) >= 11 is 0. The monoisotopic (exact) mass is 677 g/mol. The van der Waals surface area contributed by atoms with Crippen LogP contribution in [0.1, 0.15) is 47.2 Å². The van der Waals surface area contributed by atoms with E-state index in [9.17, 15) is 0 Å². The van der Waals surface area contributed by atoms with Gasteiger partial charge in [-0.1, -0.05) is 172 Å². The lowest BCUT2D eigenvalue weighted by molar-refractivity contribution is 0.563. The number of fused-ring (bicyclic) bond motifs is 9. The first-order valence-corrected chi connectivity index (χ1v) is 18.6. The van der Waals surface area contributed by atoms with Crippen LogP contribution in [0.5, 0.6) is 0 Å². The zero-order valence-electron chi connectivity index (χ0n) is 30.0. The highest BCUT2D eigenvalue weighted by atomic mass is 15.1. The van der Waals surface area contributed by atoms with Crippen LogP contribution >= 0.6 is 0 Å². The molecular formula is C52H39N. The molecule has 0 unspecified atom stereocenters. The fourth-order valence-electron chi connectivity index (χ4n) is 9.30. The molecule has 0 fully saturated rings. The van der Waals surface area contributed by atoms with Crippen molar-refractivity contribution in [3.05, 3.63) is 234 Å². The minimum absolute atomic E-state index is 0.108. The molecule has 2 aliphatic rings. The first-order valence-electron chi connectivity index (χ1n) is 18.6. The predicted molar refractivity (Wildman–Crippen MR) is 221 cm³/mol. The van der Waals surface area contributed by atoms with Crippen LogP contribution in [0.15, 0.2) is 200 Å². The number of hydrogen-bond acceptors (Lipinski definition) is 1. The highest BCUT2D eigenvalue weighted by molar-refractivity contribution is 5.90. The van der Waals surface area contributed by atoms with Crippen molar-refractivity contribution in [2.24, 2.45) is 0 Å². The summed E-state index contributed by atoms with van der Waals surface area (Å²) in [6.45, 7) is 4.76. The lowest BCUT2D eigenvalue weighted by Gasteiger charge is -2.46. The standard InChI is InChI=1S/C52H39N/c1-51(2)46-21-11-13-23-48(46)52(49-24-14-12-22-47(49)51)45-20-10-9-19-43(45)44-34-31-39(35-50(44)52)38-27-25-36(26-28-38)37-29-32-42(33-30-37)53(40-15-5-3-6-16-40)41-17-7-4-8-18-41/h3-35H,1-2H3. The third-order valence-corrected chi connectivity index (χ3v) is 11.8. The predicted octanol–water partition coefficient (Wildman–Crippen LogP) is 13.5. The van der Waals surface area contributed by atoms with Gasteiger partial charge in [-0.2, -0.15) is 0 Å². The van der Waals surface area contributed by atoms with Gasteiger partial charge in [-0.15, -0.1) is 0 Å². The number of nitrogens with zero attached hydrogens (tertiary/aromatic N) is 1. The molecule has 0 saturated carbocycles. The lowest BCUT2D eigenvalue weighted by Crippen LogP contribution is -2.40. The molecule has 0 aromatic heterocycles. The number of rotatable bonds is 5. The normalized spacial score (nSPS) is 14.2. The van der Waals surface area contributed by atoms with Crippen LogP contribution in [0.2, 0.25) is 0 Å². The van der Waals surface area contributed by atoms with Gasteiger partial charge in [0, 0.05) is 22.5 Å². The summed E-state index contributed by atoms with van der Waals surface area (Å²) in [4.78, 5) is 2.30. The molecule has 0 amide bonds. The minimum Gasteiger partial charge on any atom is -0.311 e. The van der Waals surface area contributed by atoms with Gasteiger partial charge in [-0.3, -0.25) is 0 Å². The summed E-state index contributed by atoms with van der Waals surface area (Å²) in [5.41, 5.74) is 18.7. The highest BCUT2D eigenvalue weighted by Gasteiger charge is 2.53. The van der Waals surface area contributed by atoms with E-state index in [4.69, 9.17) is 0 Å². The molecule has 1 nitrogen and oxygen atoms in total. The average molecular weight is 678 g/mol. The van der Waals surface area contributed by atoms with Crippen molar-refractivity contribution in [2.45, 2.75) is 24.7 Å². The zero-order valence-corrected chi connectivity index (χ0v) is 30.0. The Bertz CT molecular complexity index is 2530. The first kappa shape index (κ1) is 31.3. The number of anilines is 3. The fourth-order valence-corrected chi connectivity index (χ4v) is 9.30. The van der Waals surface area contributed by atoms with E-state index in [0.717, 1.165) is 17.1 Å². The Balaban J connectivity index is 1.05. The first-order chi connectivity index (χ1) is 26.0. The maximum absolute atomic E-state index is 2.48. The third-order valence-electron chi connectivity index (χ3n) is 11.8. The van der Waals surface area contributed by atoms with Crippen LogP contribution in [0.25, 0.3) is 33.4 Å². The molecule has 53 heavy (non-hydrogen) atoms. The Morgan fingerprint density at radius 1 is 0.302 bits per heavy atom. The number of para-hydroxylation sites is 2. The highest BCUT2D eigenvalue weighted by Crippen LogP contribution is 2.62. The van der Waals surface area contributed by atoms with Crippen LogP contribution in [0.3, 0.4) is 0 Å². The molecule has 0 heterocycles. The summed E-state index contributed by atoms with van der Waals surface area (Å²) in [5.74, 6) is 0. The molecule has 0 aliphatic heterocycles. The number of hydrogen-bond donors (Lipinski definition) is 0. The average Bonchev–Trinajstić information content (AvgIpc) is 3.52. The van der Waals surface area contributed by atoms with E-state index in [1.54, 1.807) is 0 Å². The number of benzene rings is 8. The van der Waals surface area contributed by atoms with Gasteiger partial charge >= 0.3 is 0 Å².